The van der Waals surface area contributed by atoms with Crippen LogP contribution in [-0.4, -0.2) is 71.7 Å². The first-order valence-corrected chi connectivity index (χ1v) is 11.6. The summed E-state index contributed by atoms with van der Waals surface area (Å²) in [6, 6.07) is 11.4. The number of nitrogens with one attached hydrogen (secondary N) is 1. The largest absolute Gasteiger partial charge is 0.493 e. The van der Waals surface area contributed by atoms with E-state index in [-0.39, 0.29) is 18.3 Å². The average Bonchev–Trinajstić information content (AvgIpc) is 3.19. The van der Waals surface area contributed by atoms with Gasteiger partial charge in [-0.15, -0.1) is 0 Å². The predicted molar refractivity (Wildman–Crippen MR) is 127 cm³/mol. The molecule has 0 aliphatic carbocycles. The summed E-state index contributed by atoms with van der Waals surface area (Å²) >= 11 is 0. The summed E-state index contributed by atoms with van der Waals surface area (Å²) in [5.41, 5.74) is 0.835. The molecule has 2 unspecified atom stereocenters. The van der Waals surface area contributed by atoms with Gasteiger partial charge in [-0.25, -0.2) is 4.79 Å². The van der Waals surface area contributed by atoms with Crippen molar-refractivity contribution in [2.75, 3.05) is 40.5 Å². The van der Waals surface area contributed by atoms with E-state index in [1.54, 1.807) is 26.4 Å². The van der Waals surface area contributed by atoms with Crippen LogP contribution in [0.5, 0.6) is 23.0 Å². The van der Waals surface area contributed by atoms with Crippen molar-refractivity contribution in [3.63, 3.8) is 0 Å². The first-order chi connectivity index (χ1) is 16.4. The van der Waals surface area contributed by atoms with Gasteiger partial charge in [0.2, 0.25) is 0 Å². The maximum Gasteiger partial charge on any atom is 0.326 e. The van der Waals surface area contributed by atoms with E-state index in [0.29, 0.717) is 29.5 Å². The number of hydrogen-bond donors (Lipinski definition) is 2. The van der Waals surface area contributed by atoms with Gasteiger partial charge in [0, 0.05) is 37.8 Å². The van der Waals surface area contributed by atoms with Crippen molar-refractivity contribution in [1.29, 1.82) is 0 Å². The van der Waals surface area contributed by atoms with Gasteiger partial charge in [-0.2, -0.15) is 0 Å². The number of β-amino-alcohol motifs (C(OH)–C–C–N with tert-alkyl or cyclic N) is 1. The molecule has 3 aromatic rings. The van der Waals surface area contributed by atoms with E-state index >= 15 is 0 Å². The van der Waals surface area contributed by atoms with Crippen molar-refractivity contribution in [1.82, 2.24) is 14.5 Å². The number of ether oxygens (including phenoxy) is 4. The number of hydrogen-bond acceptors (Lipinski definition) is 7. The molecule has 0 radical (unpaired) electrons. The van der Waals surface area contributed by atoms with Crippen LogP contribution >= 0.6 is 0 Å². The Bertz CT molecular complexity index is 1230. The number of aliphatic hydroxyl groups is 1. The summed E-state index contributed by atoms with van der Waals surface area (Å²) in [5.74, 6) is 2.18. The minimum atomic E-state index is -0.906. The van der Waals surface area contributed by atoms with Crippen molar-refractivity contribution in [2.45, 2.75) is 37.5 Å². The molecule has 5 rings (SSSR count). The van der Waals surface area contributed by atoms with Crippen LogP contribution < -0.4 is 24.6 Å². The summed E-state index contributed by atoms with van der Waals surface area (Å²) in [4.78, 5) is 17.7. The van der Waals surface area contributed by atoms with Gasteiger partial charge in [0.15, 0.2) is 28.6 Å². The summed E-state index contributed by atoms with van der Waals surface area (Å²) in [6.07, 6.45) is 0.909. The molecule has 182 valence electrons. The van der Waals surface area contributed by atoms with Gasteiger partial charge in [0.25, 0.3) is 0 Å². The highest BCUT2D eigenvalue weighted by Crippen LogP contribution is 2.44. The molecule has 2 aliphatic rings. The number of nitrogens with zero attached hydrogens (tertiary/aromatic N) is 2. The Morgan fingerprint density at radius 1 is 1.15 bits per heavy atom. The molecule has 2 aromatic carbocycles. The summed E-state index contributed by atoms with van der Waals surface area (Å²) < 4.78 is 24.7. The number of imidazole rings is 1. The van der Waals surface area contributed by atoms with E-state index < -0.39 is 11.7 Å². The Balaban J connectivity index is 1.24. The number of benzene rings is 2. The second kappa shape index (κ2) is 8.88. The van der Waals surface area contributed by atoms with Crippen LogP contribution in [0.25, 0.3) is 11.0 Å². The Hall–Kier alpha value is -3.17. The lowest BCUT2D eigenvalue weighted by molar-refractivity contribution is -0.0954. The molecule has 3 heterocycles. The molecule has 1 saturated heterocycles. The number of aliphatic hydroxyl groups excluding tert-OH is 1. The lowest BCUT2D eigenvalue weighted by atomic mass is 9.96. The number of likely N-dealkylation sites (tertiary alicyclic amines) is 1. The normalized spacial score (nSPS) is 22.0. The minimum Gasteiger partial charge on any atom is -0.493 e. The lowest BCUT2D eigenvalue weighted by Gasteiger charge is -2.41. The Labute approximate surface area is 197 Å². The van der Waals surface area contributed by atoms with Crippen LogP contribution in [0.1, 0.15) is 25.8 Å². The first kappa shape index (κ1) is 22.6. The van der Waals surface area contributed by atoms with Crippen molar-refractivity contribution in [3.05, 3.63) is 46.9 Å². The molecule has 0 bridgehead atoms. The third kappa shape index (κ3) is 3.99. The standard InChI is InChI=1S/C25H31N3O6/c1-25(15-33-21-12-19(31-2)20(32-3)13-22(21)34-25)23(29)14-27-10-8-16(9-11-27)28-18-7-5-4-6-17(18)26-24(28)30/h4-7,12-13,16,23,29H,8-11,14-15H2,1-3H3,(H,26,30). The van der Waals surface area contributed by atoms with Crippen molar-refractivity contribution in [2.24, 2.45) is 0 Å². The van der Waals surface area contributed by atoms with E-state index in [1.165, 1.54) is 0 Å². The SMILES string of the molecule is COc1cc2c(cc1OC)OC(C)(C(O)CN1CCC(n3c(=O)[nH]c4ccccc43)CC1)CO2. The molecule has 0 spiro atoms. The van der Waals surface area contributed by atoms with Crippen LogP contribution in [0.2, 0.25) is 0 Å². The molecule has 2 atom stereocenters. The maximum absolute atomic E-state index is 12.5. The fraction of sp³-hybridized carbons (Fsp3) is 0.480. The maximum atomic E-state index is 12.5. The number of aromatic nitrogens is 2. The second-order valence-corrected chi connectivity index (χ2v) is 9.22. The number of rotatable bonds is 6. The predicted octanol–water partition coefficient (Wildman–Crippen LogP) is 2.57. The fourth-order valence-electron chi connectivity index (χ4n) is 4.93. The van der Waals surface area contributed by atoms with E-state index in [0.717, 1.165) is 37.0 Å². The monoisotopic (exact) mass is 469 g/mol. The van der Waals surface area contributed by atoms with Crippen LogP contribution in [-0.2, 0) is 0 Å². The average molecular weight is 470 g/mol. The highest BCUT2D eigenvalue weighted by Gasteiger charge is 2.42. The van der Waals surface area contributed by atoms with Gasteiger partial charge >= 0.3 is 5.69 Å². The zero-order valence-electron chi connectivity index (χ0n) is 19.7. The quantitative estimate of drug-likeness (QED) is 0.573. The molecule has 9 heteroatoms. The van der Waals surface area contributed by atoms with Gasteiger partial charge in [-0.1, -0.05) is 12.1 Å². The number of aromatic amines is 1. The number of para-hydroxylation sites is 2. The van der Waals surface area contributed by atoms with Gasteiger partial charge in [0.1, 0.15) is 12.7 Å². The highest BCUT2D eigenvalue weighted by atomic mass is 16.6. The van der Waals surface area contributed by atoms with Crippen LogP contribution in [0.3, 0.4) is 0 Å². The fourth-order valence-corrected chi connectivity index (χ4v) is 4.93. The van der Waals surface area contributed by atoms with Crippen molar-refractivity contribution < 1.29 is 24.1 Å². The van der Waals surface area contributed by atoms with Crippen LogP contribution in [0.4, 0.5) is 0 Å². The Morgan fingerprint density at radius 3 is 2.53 bits per heavy atom. The summed E-state index contributed by atoms with van der Waals surface area (Å²) in [7, 11) is 3.13. The van der Waals surface area contributed by atoms with Crippen molar-refractivity contribution >= 4 is 11.0 Å². The molecule has 0 amide bonds. The molecule has 1 aromatic heterocycles. The Morgan fingerprint density at radius 2 is 1.82 bits per heavy atom. The third-order valence-corrected chi connectivity index (χ3v) is 6.99. The highest BCUT2D eigenvalue weighted by molar-refractivity contribution is 5.75. The molecule has 1 fully saturated rings. The smallest absolute Gasteiger partial charge is 0.326 e. The molecule has 0 saturated carbocycles. The third-order valence-electron chi connectivity index (χ3n) is 6.99. The van der Waals surface area contributed by atoms with Crippen LogP contribution in [0, 0.1) is 0 Å². The van der Waals surface area contributed by atoms with Gasteiger partial charge in [0.05, 0.1) is 25.3 Å². The zero-order chi connectivity index (χ0) is 23.9. The molecule has 2 aliphatic heterocycles. The molecular weight excluding hydrogens is 438 g/mol. The van der Waals surface area contributed by atoms with Crippen molar-refractivity contribution in [3.8, 4) is 23.0 Å². The topological polar surface area (TPSA) is 98.2 Å². The van der Waals surface area contributed by atoms with E-state index in [2.05, 4.69) is 9.88 Å². The Kier molecular flexibility index (Phi) is 5.91. The minimum absolute atomic E-state index is 0.0642. The zero-order valence-corrected chi connectivity index (χ0v) is 19.7. The molecular formula is C25H31N3O6. The second-order valence-electron chi connectivity index (χ2n) is 9.22. The first-order valence-electron chi connectivity index (χ1n) is 11.6. The number of fused-ring (bicyclic) bond motifs is 2. The van der Waals surface area contributed by atoms with Gasteiger partial charge in [-0.3, -0.25) is 4.57 Å². The number of methoxy groups -OCH3 is 2. The number of piperidine rings is 1. The molecule has 34 heavy (non-hydrogen) atoms. The summed E-state index contributed by atoms with van der Waals surface area (Å²) in [5, 5.41) is 11.1. The lowest BCUT2D eigenvalue weighted by Crippen LogP contribution is -2.56. The van der Waals surface area contributed by atoms with Crippen LogP contribution in [0.15, 0.2) is 41.2 Å². The molecule has 9 nitrogen and oxygen atoms in total. The number of H-pyrrole nitrogens is 1. The summed E-state index contributed by atoms with van der Waals surface area (Å²) in [6.45, 7) is 4.10. The van der Waals surface area contributed by atoms with E-state index in [9.17, 15) is 9.90 Å². The van der Waals surface area contributed by atoms with Gasteiger partial charge in [-0.05, 0) is 31.9 Å². The van der Waals surface area contributed by atoms with E-state index in [4.69, 9.17) is 18.9 Å². The van der Waals surface area contributed by atoms with Gasteiger partial charge < -0.3 is 33.9 Å². The van der Waals surface area contributed by atoms with E-state index in [1.807, 2.05) is 35.8 Å². The molecule has 2 N–H and O–H groups in total.